The van der Waals surface area contributed by atoms with Crippen LogP contribution in [-0.4, -0.2) is 15.9 Å². The predicted molar refractivity (Wildman–Crippen MR) is 124 cm³/mol. The van der Waals surface area contributed by atoms with Gasteiger partial charge in [-0.15, -0.1) is 0 Å². The zero-order valence-corrected chi connectivity index (χ0v) is 18.0. The Hall–Kier alpha value is -3.95. The maximum absolute atomic E-state index is 12.3. The minimum absolute atomic E-state index is 0.214. The minimum Gasteiger partial charge on any atom is -0.424 e. The van der Waals surface area contributed by atoms with Gasteiger partial charge in [-0.05, 0) is 29.8 Å². The molecule has 0 aliphatic rings. The first-order chi connectivity index (χ1) is 15.6. The summed E-state index contributed by atoms with van der Waals surface area (Å²) >= 11 is 6.62. The Morgan fingerprint density at radius 1 is 1.06 bits per heavy atom. The Balaban J connectivity index is 1.96. The predicted octanol–water partition coefficient (Wildman–Crippen LogP) is 5.67. The van der Waals surface area contributed by atoms with Gasteiger partial charge in [-0.3, -0.25) is 9.78 Å². The van der Waals surface area contributed by atoms with Crippen molar-refractivity contribution >= 4 is 34.3 Å². The molecule has 1 N–H and O–H groups in total. The highest BCUT2D eigenvalue weighted by molar-refractivity contribution is 6.32. The summed E-state index contributed by atoms with van der Waals surface area (Å²) in [6.07, 6.45) is 3.54. The second kappa shape index (κ2) is 9.46. The molecule has 1 unspecified atom stereocenters. The molecule has 0 fully saturated rings. The lowest BCUT2D eigenvalue weighted by molar-refractivity contribution is -0.133. The Morgan fingerprint density at radius 3 is 2.66 bits per heavy atom. The van der Waals surface area contributed by atoms with Crippen LogP contribution in [0.3, 0.4) is 0 Å². The van der Waals surface area contributed by atoms with Crippen molar-refractivity contribution in [2.75, 3.05) is 5.32 Å². The van der Waals surface area contributed by atoms with E-state index in [9.17, 15) is 10.1 Å². The molecule has 0 radical (unpaired) electrons. The number of fused-ring (bicyclic) bond motifs is 1. The number of carbonyl (C=O) groups excluding carboxylic acids is 1. The zero-order valence-electron chi connectivity index (χ0n) is 17.2. The van der Waals surface area contributed by atoms with E-state index in [0.717, 1.165) is 5.39 Å². The van der Waals surface area contributed by atoms with Crippen LogP contribution in [0.1, 0.15) is 36.1 Å². The van der Waals surface area contributed by atoms with Gasteiger partial charge in [0.25, 0.3) is 0 Å². The molecule has 0 bridgehead atoms. The highest BCUT2D eigenvalue weighted by Gasteiger charge is 2.25. The maximum atomic E-state index is 12.3. The van der Waals surface area contributed by atoms with Crippen LogP contribution in [0.15, 0.2) is 73.1 Å². The van der Waals surface area contributed by atoms with Crippen LogP contribution in [0.25, 0.3) is 10.9 Å². The highest BCUT2D eigenvalue weighted by Crippen LogP contribution is 2.40. The number of esters is 1. The van der Waals surface area contributed by atoms with Crippen molar-refractivity contribution in [2.24, 2.45) is 0 Å². The molecule has 2 aromatic heterocycles. The molecule has 2 heterocycles. The van der Waals surface area contributed by atoms with Crippen LogP contribution in [0, 0.1) is 11.3 Å². The van der Waals surface area contributed by atoms with E-state index in [0.29, 0.717) is 38.8 Å². The van der Waals surface area contributed by atoms with Crippen molar-refractivity contribution in [3.63, 3.8) is 0 Å². The summed E-state index contributed by atoms with van der Waals surface area (Å²) in [6, 6.07) is 19.8. The molecular formula is C25H19ClN4O2. The van der Waals surface area contributed by atoms with E-state index in [2.05, 4.69) is 21.4 Å². The fraction of sp³-hybridized carbons (Fsp3) is 0.120. The second-order valence-electron chi connectivity index (χ2n) is 7.00. The largest absolute Gasteiger partial charge is 0.424 e. The number of anilines is 1. The number of hydrogen-bond acceptors (Lipinski definition) is 6. The number of ether oxygens (including phenoxy) is 1. The lowest BCUT2D eigenvalue weighted by atomic mass is 9.94. The fourth-order valence-electron chi connectivity index (χ4n) is 3.43. The summed E-state index contributed by atoms with van der Waals surface area (Å²) in [6.45, 7) is 1.73. The minimum atomic E-state index is -0.559. The third-order valence-electron chi connectivity index (χ3n) is 4.99. The number of rotatable bonds is 6. The van der Waals surface area contributed by atoms with Crippen LogP contribution in [-0.2, 0) is 4.79 Å². The van der Waals surface area contributed by atoms with Gasteiger partial charge in [0, 0.05) is 29.8 Å². The molecule has 0 amide bonds. The van der Waals surface area contributed by atoms with Crippen LogP contribution in [0.5, 0.6) is 5.75 Å². The Bertz CT molecular complexity index is 1320. The summed E-state index contributed by atoms with van der Waals surface area (Å²) in [4.78, 5) is 21.1. The van der Waals surface area contributed by atoms with Gasteiger partial charge in [0.2, 0.25) is 0 Å². The van der Waals surface area contributed by atoms with E-state index in [4.69, 9.17) is 16.3 Å². The lowest BCUT2D eigenvalue weighted by Crippen LogP contribution is -2.17. The van der Waals surface area contributed by atoms with Crippen molar-refractivity contribution in [3.05, 3.63) is 94.8 Å². The van der Waals surface area contributed by atoms with Gasteiger partial charge in [0.15, 0.2) is 5.75 Å². The number of nitrogens with one attached hydrogen (secondary N) is 1. The summed E-state index contributed by atoms with van der Waals surface area (Å²) in [5.41, 5.74) is 2.22. The Morgan fingerprint density at radius 2 is 1.91 bits per heavy atom. The van der Waals surface area contributed by atoms with Gasteiger partial charge >= 0.3 is 5.97 Å². The lowest BCUT2D eigenvalue weighted by Gasteiger charge is -2.24. The second-order valence-corrected chi connectivity index (χ2v) is 7.38. The van der Waals surface area contributed by atoms with Crippen molar-refractivity contribution in [3.8, 4) is 11.8 Å². The molecule has 6 nitrogen and oxygen atoms in total. The number of benzene rings is 2. The van der Waals surface area contributed by atoms with Crippen LogP contribution in [0.2, 0.25) is 5.02 Å². The van der Waals surface area contributed by atoms with E-state index in [-0.39, 0.29) is 12.4 Å². The third kappa shape index (κ3) is 4.25. The van der Waals surface area contributed by atoms with Crippen molar-refractivity contribution in [1.82, 2.24) is 9.97 Å². The number of carbonyl (C=O) groups is 1. The Labute approximate surface area is 190 Å². The first-order valence-corrected chi connectivity index (χ1v) is 10.4. The van der Waals surface area contributed by atoms with Crippen molar-refractivity contribution in [2.45, 2.75) is 19.4 Å². The third-order valence-corrected chi connectivity index (χ3v) is 5.41. The molecule has 0 aliphatic carbocycles. The molecule has 0 saturated carbocycles. The molecule has 4 rings (SSSR count). The molecule has 0 aliphatic heterocycles. The average molecular weight is 443 g/mol. The monoisotopic (exact) mass is 442 g/mol. The number of halogens is 1. The quantitative estimate of drug-likeness (QED) is 0.305. The van der Waals surface area contributed by atoms with Crippen LogP contribution in [0.4, 0.5) is 5.82 Å². The molecule has 158 valence electrons. The standard InChI is InChI=1S/C25H19ClN4O2/c1-2-21(31)32-25-19(12-11-16-8-6-14-29-23(16)25)24(30-20-10-3-4-13-28-20)18-9-5-7-17(15-27)22(18)26/h3-14,24H,2H2,1H3,(H,28,30). The molecule has 1 atom stereocenters. The summed E-state index contributed by atoms with van der Waals surface area (Å²) in [7, 11) is 0. The molecule has 0 spiro atoms. The molecular weight excluding hydrogens is 424 g/mol. The van der Waals surface area contributed by atoms with Crippen molar-refractivity contribution < 1.29 is 9.53 Å². The maximum Gasteiger partial charge on any atom is 0.310 e. The SMILES string of the molecule is CCC(=O)Oc1c(C(Nc2ccccn2)c2cccc(C#N)c2Cl)ccc2cccnc12. The molecule has 0 saturated heterocycles. The van der Waals surface area contributed by atoms with E-state index in [1.54, 1.807) is 31.5 Å². The number of nitriles is 1. The van der Waals surface area contributed by atoms with E-state index < -0.39 is 6.04 Å². The summed E-state index contributed by atoms with van der Waals surface area (Å²) in [5.74, 6) is 0.574. The first kappa shape index (κ1) is 21.3. The van der Waals surface area contributed by atoms with E-state index >= 15 is 0 Å². The van der Waals surface area contributed by atoms with Crippen LogP contribution < -0.4 is 10.1 Å². The van der Waals surface area contributed by atoms with E-state index in [1.807, 2.05) is 48.5 Å². The molecule has 32 heavy (non-hydrogen) atoms. The summed E-state index contributed by atoms with van der Waals surface area (Å²) < 4.78 is 5.77. The number of hydrogen-bond donors (Lipinski definition) is 1. The number of aromatic nitrogens is 2. The first-order valence-electron chi connectivity index (χ1n) is 10.1. The number of pyridine rings is 2. The van der Waals surface area contributed by atoms with Gasteiger partial charge < -0.3 is 10.1 Å². The molecule has 7 heteroatoms. The van der Waals surface area contributed by atoms with Gasteiger partial charge in [-0.25, -0.2) is 4.98 Å². The normalized spacial score (nSPS) is 11.5. The van der Waals surface area contributed by atoms with Gasteiger partial charge in [-0.1, -0.05) is 54.9 Å². The average Bonchev–Trinajstić information content (AvgIpc) is 2.84. The van der Waals surface area contributed by atoms with E-state index in [1.165, 1.54) is 0 Å². The smallest absolute Gasteiger partial charge is 0.310 e. The zero-order chi connectivity index (χ0) is 22.5. The topological polar surface area (TPSA) is 87.9 Å². The van der Waals surface area contributed by atoms with Gasteiger partial charge in [0.1, 0.15) is 17.4 Å². The van der Waals surface area contributed by atoms with Crippen LogP contribution >= 0.6 is 11.6 Å². The summed E-state index contributed by atoms with van der Waals surface area (Å²) in [5, 5.41) is 14.0. The number of nitrogens with zero attached hydrogens (tertiary/aromatic N) is 3. The van der Waals surface area contributed by atoms with Gasteiger partial charge in [-0.2, -0.15) is 5.26 Å². The fourth-order valence-corrected chi connectivity index (χ4v) is 3.71. The molecule has 4 aromatic rings. The molecule has 2 aromatic carbocycles. The van der Waals surface area contributed by atoms with Crippen molar-refractivity contribution in [1.29, 1.82) is 5.26 Å². The Kier molecular flexibility index (Phi) is 6.29. The highest BCUT2D eigenvalue weighted by atomic mass is 35.5. The van der Waals surface area contributed by atoms with Gasteiger partial charge in [0.05, 0.1) is 16.6 Å².